The van der Waals surface area contributed by atoms with Crippen LogP contribution in [0.3, 0.4) is 0 Å². The number of amides is 2. The van der Waals surface area contributed by atoms with Gasteiger partial charge in [-0.2, -0.15) is 0 Å². The van der Waals surface area contributed by atoms with Gasteiger partial charge < -0.3 is 34.2 Å². The number of carbonyl (C=O) groups is 3. The molecular formula is C37H58BN3O8. The van der Waals surface area contributed by atoms with Crippen LogP contribution in [0.15, 0.2) is 18.2 Å². The second-order valence-corrected chi connectivity index (χ2v) is 17.3. The molecule has 272 valence electrons. The summed E-state index contributed by atoms with van der Waals surface area (Å²) in [5, 5.41) is 6.15. The molecule has 2 saturated heterocycles. The van der Waals surface area contributed by atoms with Crippen LogP contribution in [-0.4, -0.2) is 92.1 Å². The van der Waals surface area contributed by atoms with Gasteiger partial charge in [-0.3, -0.25) is 9.69 Å². The van der Waals surface area contributed by atoms with Crippen molar-refractivity contribution in [3.05, 3.63) is 29.3 Å². The number of esters is 1. The molecule has 2 aliphatic heterocycles. The van der Waals surface area contributed by atoms with Gasteiger partial charge in [-0.25, -0.2) is 9.59 Å². The zero-order valence-electron chi connectivity index (χ0n) is 31.3. The Labute approximate surface area is 293 Å². The van der Waals surface area contributed by atoms with E-state index >= 15 is 0 Å². The second kappa shape index (κ2) is 14.1. The van der Waals surface area contributed by atoms with E-state index in [0.717, 1.165) is 44.3 Å². The fraction of sp³-hybridized carbons (Fsp3) is 0.757. The maximum atomic E-state index is 13.7. The van der Waals surface area contributed by atoms with Crippen LogP contribution in [0.1, 0.15) is 104 Å². The molecule has 12 heteroatoms. The Morgan fingerprint density at radius 1 is 1.02 bits per heavy atom. The van der Waals surface area contributed by atoms with E-state index in [1.807, 2.05) is 53.7 Å². The summed E-state index contributed by atoms with van der Waals surface area (Å²) in [6, 6.07) is 5.42. The smallest absolute Gasteiger partial charge is 0.482 e. The van der Waals surface area contributed by atoms with Crippen LogP contribution < -0.4 is 15.4 Å². The largest absolute Gasteiger partial charge is 0.496 e. The highest BCUT2D eigenvalue weighted by atomic mass is 16.7. The highest BCUT2D eigenvalue weighted by Gasteiger charge is 2.68. The van der Waals surface area contributed by atoms with Gasteiger partial charge in [0.25, 0.3) is 0 Å². The number of hydrogen-bond acceptors (Lipinski definition) is 9. The van der Waals surface area contributed by atoms with Crippen molar-refractivity contribution in [2.45, 2.75) is 123 Å². The van der Waals surface area contributed by atoms with Crippen molar-refractivity contribution in [1.82, 2.24) is 15.5 Å². The number of piperidine rings is 1. The van der Waals surface area contributed by atoms with E-state index in [9.17, 15) is 14.4 Å². The summed E-state index contributed by atoms with van der Waals surface area (Å²) >= 11 is 0. The number of para-hydroxylation sites is 1. The molecule has 11 nitrogen and oxygen atoms in total. The van der Waals surface area contributed by atoms with Crippen molar-refractivity contribution < 1.29 is 37.9 Å². The molecule has 5 aliphatic rings. The van der Waals surface area contributed by atoms with Gasteiger partial charge in [-0.1, -0.05) is 26.0 Å². The molecular weight excluding hydrogens is 625 g/mol. The first-order valence-corrected chi connectivity index (χ1v) is 18.0. The lowest BCUT2D eigenvalue weighted by Crippen LogP contribution is -2.65. The molecule has 2 heterocycles. The molecule has 0 spiro atoms. The van der Waals surface area contributed by atoms with Crippen LogP contribution in [0.25, 0.3) is 0 Å². The van der Waals surface area contributed by atoms with E-state index in [-0.39, 0.29) is 24.0 Å². The predicted molar refractivity (Wildman–Crippen MR) is 187 cm³/mol. The molecule has 2 N–H and O–H groups in total. The van der Waals surface area contributed by atoms with Gasteiger partial charge in [0.2, 0.25) is 5.91 Å². The zero-order chi connectivity index (χ0) is 35.9. The van der Waals surface area contributed by atoms with Crippen LogP contribution in [0.2, 0.25) is 0 Å². The van der Waals surface area contributed by atoms with Gasteiger partial charge in [0.05, 0.1) is 31.3 Å². The number of rotatable bonds is 10. The van der Waals surface area contributed by atoms with E-state index in [4.69, 9.17) is 23.5 Å². The SMILES string of the molecule is COc1c(CC(NC(=O)CN2CCC(CNC(=O)OC(C)(C)C)CC2)B2OC3CC4CC(C4(C)C)C3(C)O2)cccc1C(=O)OC(C)(C)C. The minimum Gasteiger partial charge on any atom is -0.496 e. The molecule has 3 aliphatic carbocycles. The Morgan fingerprint density at radius 2 is 1.69 bits per heavy atom. The number of nitrogens with zero attached hydrogens (tertiary/aromatic N) is 1. The third-order valence-corrected chi connectivity index (χ3v) is 11.0. The van der Waals surface area contributed by atoms with Gasteiger partial charge in [0.1, 0.15) is 22.5 Å². The topological polar surface area (TPSA) is 125 Å². The number of alkyl carbamates (subject to hydrolysis) is 1. The van der Waals surface area contributed by atoms with Crippen molar-refractivity contribution in [2.75, 3.05) is 33.3 Å². The van der Waals surface area contributed by atoms with Crippen molar-refractivity contribution in [3.63, 3.8) is 0 Å². The van der Waals surface area contributed by atoms with Gasteiger partial charge in [0, 0.05) is 6.54 Å². The molecule has 0 aromatic heterocycles. The molecule has 1 aromatic rings. The fourth-order valence-electron chi connectivity index (χ4n) is 8.35. The Kier molecular flexibility index (Phi) is 10.7. The molecule has 1 aromatic carbocycles. The van der Waals surface area contributed by atoms with E-state index in [1.165, 1.54) is 0 Å². The van der Waals surface area contributed by atoms with Gasteiger partial charge in [-0.05, 0) is 128 Å². The van der Waals surface area contributed by atoms with E-state index in [1.54, 1.807) is 13.2 Å². The summed E-state index contributed by atoms with van der Waals surface area (Å²) in [6.07, 6.45) is 3.70. The summed E-state index contributed by atoms with van der Waals surface area (Å²) in [4.78, 5) is 41.1. The first-order valence-electron chi connectivity index (χ1n) is 18.0. The monoisotopic (exact) mass is 683 g/mol. The molecule has 5 unspecified atom stereocenters. The number of likely N-dealkylation sites (tertiary alicyclic amines) is 1. The fourth-order valence-corrected chi connectivity index (χ4v) is 8.35. The summed E-state index contributed by atoms with van der Waals surface area (Å²) in [5.74, 6) is 0.612. The molecule has 3 saturated carbocycles. The molecule has 2 amide bonds. The Balaban J connectivity index is 1.27. The first kappa shape index (κ1) is 37.4. The first-order chi connectivity index (χ1) is 22.8. The average Bonchev–Trinajstić information content (AvgIpc) is 3.36. The Bertz CT molecular complexity index is 1380. The number of hydrogen-bond donors (Lipinski definition) is 2. The van der Waals surface area contributed by atoms with Crippen LogP contribution in [0.5, 0.6) is 5.75 Å². The molecule has 0 radical (unpaired) electrons. The summed E-state index contributed by atoms with van der Waals surface area (Å²) < 4.78 is 30.3. The van der Waals surface area contributed by atoms with Crippen molar-refractivity contribution in [2.24, 2.45) is 23.2 Å². The van der Waals surface area contributed by atoms with Crippen LogP contribution in [0, 0.1) is 23.2 Å². The molecule has 5 atom stereocenters. The van der Waals surface area contributed by atoms with Gasteiger partial charge in [0.15, 0.2) is 0 Å². The van der Waals surface area contributed by atoms with Crippen LogP contribution in [-0.2, 0) is 30.0 Å². The lowest BCUT2D eigenvalue weighted by Gasteiger charge is -2.64. The minimum absolute atomic E-state index is 0.0445. The molecule has 2 bridgehead atoms. The Hall–Kier alpha value is -2.83. The number of nitrogens with one attached hydrogen (secondary N) is 2. The van der Waals surface area contributed by atoms with Crippen molar-refractivity contribution in [3.8, 4) is 5.75 Å². The molecule has 5 fully saturated rings. The lowest BCUT2D eigenvalue weighted by atomic mass is 9.43. The maximum absolute atomic E-state index is 13.7. The number of ether oxygens (including phenoxy) is 3. The normalized spacial score (nSPS) is 27.4. The number of benzene rings is 1. The van der Waals surface area contributed by atoms with Crippen LogP contribution >= 0.6 is 0 Å². The zero-order valence-corrected chi connectivity index (χ0v) is 31.3. The lowest BCUT2D eigenvalue weighted by molar-refractivity contribution is -0.199. The third kappa shape index (κ3) is 8.56. The number of carbonyl (C=O) groups excluding carboxylic acids is 3. The standard InChI is InChI=1S/C37H58BN3O8/c1-34(2,3)46-32(43)26-13-11-12-24(31(26)45-10)18-29(38-48-28-20-25-19-27(36(25,7)8)37(28,9)49-38)40-30(42)22-41-16-14-23(15-17-41)21-39-33(44)47-35(4,5)6/h11-13,23,25,27-29H,14-22H2,1-10H3,(H,39,44)(H,40,42). The maximum Gasteiger partial charge on any atom is 0.482 e. The van der Waals surface area contributed by atoms with E-state index < -0.39 is 41.9 Å². The second-order valence-electron chi connectivity index (χ2n) is 17.3. The minimum atomic E-state index is -0.663. The molecule has 6 rings (SSSR count). The predicted octanol–water partition coefficient (Wildman–Crippen LogP) is 5.18. The highest BCUT2D eigenvalue weighted by Crippen LogP contribution is 2.65. The van der Waals surface area contributed by atoms with Crippen LogP contribution in [0.4, 0.5) is 4.79 Å². The van der Waals surface area contributed by atoms with Crippen molar-refractivity contribution in [1.29, 1.82) is 0 Å². The summed E-state index contributed by atoms with van der Waals surface area (Å²) in [5.41, 5.74) is -0.368. The van der Waals surface area contributed by atoms with Gasteiger partial charge in [-0.15, -0.1) is 0 Å². The van der Waals surface area contributed by atoms with Gasteiger partial charge >= 0.3 is 19.2 Å². The van der Waals surface area contributed by atoms with E-state index in [0.29, 0.717) is 42.0 Å². The summed E-state index contributed by atoms with van der Waals surface area (Å²) in [7, 11) is 0.883. The third-order valence-electron chi connectivity index (χ3n) is 11.0. The summed E-state index contributed by atoms with van der Waals surface area (Å²) in [6.45, 7) is 20.1. The number of methoxy groups -OCH3 is 1. The molecule has 49 heavy (non-hydrogen) atoms. The highest BCUT2D eigenvalue weighted by molar-refractivity contribution is 6.48. The Morgan fingerprint density at radius 3 is 2.31 bits per heavy atom. The van der Waals surface area contributed by atoms with Crippen molar-refractivity contribution >= 4 is 25.1 Å². The quantitative estimate of drug-likeness (QED) is 0.254. The average molecular weight is 684 g/mol. The van der Waals surface area contributed by atoms with E-state index in [2.05, 4.69) is 36.3 Å².